The highest BCUT2D eigenvalue weighted by atomic mass is 35.5. The minimum Gasteiger partial charge on any atom is -0.361 e. The maximum atomic E-state index is 15.0. The van der Waals surface area contributed by atoms with Crippen LogP contribution < -0.4 is 5.73 Å². The lowest BCUT2D eigenvalue weighted by Crippen LogP contribution is -2.62. The van der Waals surface area contributed by atoms with Crippen molar-refractivity contribution in [2.24, 2.45) is 0 Å². The average molecular weight is 652 g/mol. The van der Waals surface area contributed by atoms with Gasteiger partial charge in [0.1, 0.15) is 4.75 Å². The Balaban J connectivity index is 1.48. The number of H-pyrrole nitrogens is 1. The maximum absolute atomic E-state index is 15.0. The van der Waals surface area contributed by atoms with E-state index in [9.17, 15) is 14.4 Å². The number of rotatable bonds is 7. The molecular weight excluding hydrogens is 617 g/mol. The van der Waals surface area contributed by atoms with Crippen LogP contribution in [0.4, 0.5) is 0 Å². The second kappa shape index (κ2) is 12.5. The summed E-state index contributed by atoms with van der Waals surface area (Å²) in [6.07, 6.45) is 1.93. The number of thioether (sulfide) groups is 1. The van der Waals surface area contributed by atoms with Crippen LogP contribution in [0.25, 0.3) is 10.9 Å². The molecule has 6 rings (SSSR count). The second-order valence-electron chi connectivity index (χ2n) is 11.4. The van der Waals surface area contributed by atoms with Crippen LogP contribution in [0.5, 0.6) is 0 Å². The molecule has 2 atom stereocenters. The monoisotopic (exact) mass is 650 g/mol. The van der Waals surface area contributed by atoms with Crippen LogP contribution in [0.3, 0.4) is 0 Å². The van der Waals surface area contributed by atoms with E-state index in [0.717, 1.165) is 32.5 Å². The molecule has 44 heavy (non-hydrogen) atoms. The first-order chi connectivity index (χ1) is 21.2. The van der Waals surface area contributed by atoms with Gasteiger partial charge in [-0.25, -0.2) is 0 Å². The van der Waals surface area contributed by atoms with E-state index < -0.39 is 10.8 Å². The number of piperazine rings is 1. The fourth-order valence-corrected chi connectivity index (χ4v) is 8.05. The van der Waals surface area contributed by atoms with Crippen LogP contribution in [-0.2, 0) is 20.9 Å². The predicted octanol–water partition coefficient (Wildman–Crippen LogP) is 4.70. The van der Waals surface area contributed by atoms with Gasteiger partial charge in [0.05, 0.1) is 12.5 Å². The average Bonchev–Trinajstić information content (AvgIpc) is 3.55. The standard InChI is InChI=1S/C33H33Cl2N5O3S/c1-21-2-9-25(10-3-21)44-33(32(43)39-14-12-38(13-15-39)30(42)18-36)17-29(41)40(20-22-4-6-23(34)7-5-22)31(33)27-19-37-28-16-24(35)8-11-26(27)28/h2-11,16,19,31,37H,12-15,17-18,20,36H2,1H3/p+1. The van der Waals surface area contributed by atoms with Gasteiger partial charge < -0.3 is 25.4 Å². The lowest BCUT2D eigenvalue weighted by Gasteiger charge is -2.42. The Hall–Kier alpha value is -3.50. The van der Waals surface area contributed by atoms with Gasteiger partial charge in [-0.05, 0) is 48.9 Å². The molecule has 0 radical (unpaired) electrons. The molecule has 2 unspecified atom stereocenters. The van der Waals surface area contributed by atoms with E-state index >= 15 is 0 Å². The van der Waals surface area contributed by atoms with Gasteiger partial charge in [-0.1, -0.05) is 59.1 Å². The molecule has 3 amide bonds. The molecule has 4 N–H and O–H groups in total. The molecule has 0 spiro atoms. The van der Waals surface area contributed by atoms with Crippen molar-refractivity contribution in [2.45, 2.75) is 35.6 Å². The molecule has 11 heteroatoms. The second-order valence-corrected chi connectivity index (χ2v) is 13.7. The molecule has 1 aromatic heterocycles. The first-order valence-corrected chi connectivity index (χ1v) is 16.2. The number of amides is 3. The molecule has 2 aliphatic rings. The zero-order chi connectivity index (χ0) is 31.0. The zero-order valence-electron chi connectivity index (χ0n) is 24.4. The molecule has 3 heterocycles. The van der Waals surface area contributed by atoms with E-state index in [0.29, 0.717) is 42.8 Å². The molecular formula is C33H34Cl2N5O3S+. The van der Waals surface area contributed by atoms with Crippen LogP contribution >= 0.6 is 35.0 Å². The highest BCUT2D eigenvalue weighted by Crippen LogP contribution is 2.55. The first-order valence-electron chi connectivity index (χ1n) is 14.6. The number of nitrogens with one attached hydrogen (secondary N) is 1. The Morgan fingerprint density at radius 3 is 2.30 bits per heavy atom. The highest BCUT2D eigenvalue weighted by molar-refractivity contribution is 8.01. The third-order valence-electron chi connectivity index (χ3n) is 8.54. The molecule has 2 saturated heterocycles. The van der Waals surface area contributed by atoms with Gasteiger partial charge in [-0.15, -0.1) is 11.8 Å². The number of aromatic nitrogens is 1. The highest BCUT2D eigenvalue weighted by Gasteiger charge is 2.59. The fraction of sp³-hybridized carbons (Fsp3) is 0.303. The van der Waals surface area contributed by atoms with Crippen molar-refractivity contribution in [1.82, 2.24) is 19.7 Å². The largest absolute Gasteiger partial charge is 0.361 e. The summed E-state index contributed by atoms with van der Waals surface area (Å²) >= 11 is 14.0. The topological polar surface area (TPSA) is 104 Å². The SMILES string of the molecule is Cc1ccc(SC2(C(=O)N3CCN(C(=O)C[NH3+])CC3)CC(=O)N(Cc3ccc(Cl)cc3)C2c2c[nH]c3cc(Cl)ccc23)cc1. The van der Waals surface area contributed by atoms with E-state index in [1.54, 1.807) is 4.90 Å². The summed E-state index contributed by atoms with van der Waals surface area (Å²) in [6, 6.07) is 20.6. The molecule has 0 bridgehead atoms. The summed E-state index contributed by atoms with van der Waals surface area (Å²) in [4.78, 5) is 51.2. The minimum atomic E-state index is -1.17. The molecule has 2 fully saturated rings. The van der Waals surface area contributed by atoms with Crippen LogP contribution in [0, 0.1) is 6.92 Å². The number of benzene rings is 3. The Bertz CT molecular complexity index is 1700. The number of halogens is 2. The van der Waals surface area contributed by atoms with Gasteiger partial charge in [-0.3, -0.25) is 14.4 Å². The predicted molar refractivity (Wildman–Crippen MR) is 173 cm³/mol. The summed E-state index contributed by atoms with van der Waals surface area (Å²) in [5.74, 6) is -0.237. The molecule has 2 aliphatic heterocycles. The lowest BCUT2D eigenvalue weighted by atomic mass is 9.90. The van der Waals surface area contributed by atoms with Crippen molar-refractivity contribution in [3.05, 3.63) is 99.7 Å². The third kappa shape index (κ3) is 5.81. The van der Waals surface area contributed by atoms with E-state index in [2.05, 4.69) is 10.7 Å². The lowest BCUT2D eigenvalue weighted by molar-refractivity contribution is -0.357. The van der Waals surface area contributed by atoms with Gasteiger partial charge in [0.2, 0.25) is 11.8 Å². The number of likely N-dealkylation sites (tertiary alicyclic amines) is 1. The number of carbonyl (C=O) groups is 3. The number of nitrogens with zero attached hydrogens (tertiary/aromatic N) is 3. The molecule has 3 aromatic carbocycles. The Morgan fingerprint density at radius 2 is 1.61 bits per heavy atom. The van der Waals surface area contributed by atoms with Crippen molar-refractivity contribution in [2.75, 3.05) is 32.7 Å². The summed E-state index contributed by atoms with van der Waals surface area (Å²) in [6.45, 7) is 4.17. The summed E-state index contributed by atoms with van der Waals surface area (Å²) in [7, 11) is 0. The summed E-state index contributed by atoms with van der Waals surface area (Å²) in [5, 5.41) is 2.11. The summed E-state index contributed by atoms with van der Waals surface area (Å²) < 4.78 is -1.17. The number of aromatic amines is 1. The van der Waals surface area contributed by atoms with Gasteiger partial charge in [0.15, 0.2) is 6.54 Å². The van der Waals surface area contributed by atoms with Crippen LogP contribution in [0.15, 0.2) is 77.8 Å². The van der Waals surface area contributed by atoms with Crippen molar-refractivity contribution in [1.29, 1.82) is 0 Å². The van der Waals surface area contributed by atoms with E-state index in [4.69, 9.17) is 23.2 Å². The van der Waals surface area contributed by atoms with Crippen molar-refractivity contribution in [3.63, 3.8) is 0 Å². The van der Waals surface area contributed by atoms with Crippen molar-refractivity contribution in [3.8, 4) is 0 Å². The van der Waals surface area contributed by atoms with Crippen LogP contribution in [0.1, 0.15) is 29.2 Å². The quantitative estimate of drug-likeness (QED) is 0.303. The molecule has 4 aromatic rings. The number of fused-ring (bicyclic) bond motifs is 1. The molecule has 228 valence electrons. The minimum absolute atomic E-state index is 0.0265. The van der Waals surface area contributed by atoms with E-state index in [1.807, 2.05) is 89.7 Å². The fourth-order valence-electron chi connectivity index (χ4n) is 6.28. The first kappa shape index (κ1) is 30.5. The Kier molecular flexibility index (Phi) is 8.66. The van der Waals surface area contributed by atoms with Gasteiger partial charge in [0.25, 0.3) is 5.91 Å². The van der Waals surface area contributed by atoms with E-state index in [-0.39, 0.29) is 30.7 Å². The van der Waals surface area contributed by atoms with Gasteiger partial charge >= 0.3 is 0 Å². The third-order valence-corrected chi connectivity index (χ3v) is 10.4. The van der Waals surface area contributed by atoms with Crippen molar-refractivity contribution < 1.29 is 20.1 Å². The number of carbonyl (C=O) groups excluding carboxylic acids is 3. The normalized spacial score (nSPS) is 20.5. The summed E-state index contributed by atoms with van der Waals surface area (Å²) in [5.41, 5.74) is 7.45. The number of hydrogen-bond acceptors (Lipinski definition) is 4. The smallest absolute Gasteiger partial charge is 0.277 e. The number of quaternary nitrogens is 1. The van der Waals surface area contributed by atoms with Crippen LogP contribution in [-0.4, -0.2) is 74.9 Å². The molecule has 8 nitrogen and oxygen atoms in total. The zero-order valence-corrected chi connectivity index (χ0v) is 26.7. The van der Waals surface area contributed by atoms with Gasteiger partial charge in [-0.2, -0.15) is 0 Å². The Morgan fingerprint density at radius 1 is 0.955 bits per heavy atom. The molecule has 0 saturated carbocycles. The van der Waals surface area contributed by atoms with Gasteiger partial charge in [0, 0.05) is 70.3 Å². The van der Waals surface area contributed by atoms with Crippen LogP contribution in [0.2, 0.25) is 10.0 Å². The van der Waals surface area contributed by atoms with E-state index in [1.165, 1.54) is 11.8 Å². The Labute approximate surface area is 270 Å². The number of aryl methyl sites for hydroxylation is 1. The molecule has 0 aliphatic carbocycles. The van der Waals surface area contributed by atoms with Crippen molar-refractivity contribution >= 4 is 63.6 Å². The maximum Gasteiger partial charge on any atom is 0.277 e. The number of hydrogen-bond donors (Lipinski definition) is 2.